The van der Waals surface area contributed by atoms with Crippen molar-refractivity contribution in [2.75, 3.05) is 11.4 Å². The molecule has 5 nitrogen and oxygen atoms in total. The van der Waals surface area contributed by atoms with Gasteiger partial charge in [-0.05, 0) is 105 Å². The summed E-state index contributed by atoms with van der Waals surface area (Å²) in [6.07, 6.45) is 13.3. The molecule has 49 heavy (non-hydrogen) atoms. The summed E-state index contributed by atoms with van der Waals surface area (Å²) in [6, 6.07) is 38.1. The van der Waals surface area contributed by atoms with E-state index in [2.05, 4.69) is 125 Å². The van der Waals surface area contributed by atoms with E-state index in [4.69, 9.17) is 0 Å². The van der Waals surface area contributed by atoms with E-state index >= 15 is 0 Å². The number of piperidine rings is 1. The highest BCUT2D eigenvalue weighted by molar-refractivity contribution is 6.02. The van der Waals surface area contributed by atoms with Crippen LogP contribution >= 0.6 is 0 Å². The molecule has 0 atom stereocenters. The van der Waals surface area contributed by atoms with E-state index in [0.29, 0.717) is 13.0 Å². The minimum absolute atomic E-state index is 0.161. The fourth-order valence-electron chi connectivity index (χ4n) is 6.52. The molecule has 0 unspecified atom stereocenters. The first-order valence-corrected chi connectivity index (χ1v) is 16.5. The fraction of sp³-hybridized carbons (Fsp3) is 0.0909. The zero-order valence-electron chi connectivity index (χ0n) is 27.3. The van der Waals surface area contributed by atoms with Crippen LogP contribution in [0.15, 0.2) is 158 Å². The van der Waals surface area contributed by atoms with Crippen molar-refractivity contribution in [1.29, 1.82) is 0 Å². The van der Waals surface area contributed by atoms with Crippen molar-refractivity contribution in [3.8, 4) is 55.6 Å². The van der Waals surface area contributed by atoms with E-state index in [1.807, 2.05) is 29.4 Å². The molecule has 0 radical (unpaired) electrons. The molecule has 3 heterocycles. The Morgan fingerprint density at radius 2 is 1.18 bits per heavy atom. The maximum absolute atomic E-state index is 13.5. The fourth-order valence-corrected chi connectivity index (χ4v) is 6.52. The number of allylic oxidation sites excluding steroid dienone is 2. The van der Waals surface area contributed by atoms with E-state index in [-0.39, 0.29) is 5.91 Å². The average Bonchev–Trinajstić information content (AvgIpc) is 3.18. The van der Waals surface area contributed by atoms with Gasteiger partial charge in [0.05, 0.1) is 5.69 Å². The highest BCUT2D eigenvalue weighted by Gasteiger charge is 2.25. The topological polar surface area (TPSA) is 58.5 Å². The van der Waals surface area contributed by atoms with Crippen LogP contribution in [0.4, 0.5) is 5.69 Å². The molecule has 5 heteroatoms. The van der Waals surface area contributed by atoms with E-state index in [0.717, 1.165) is 85.3 Å². The average molecular weight is 637 g/mol. The van der Waals surface area contributed by atoms with Crippen LogP contribution in [0.2, 0.25) is 0 Å². The van der Waals surface area contributed by atoms with Gasteiger partial charge in [0.25, 0.3) is 0 Å². The number of carbonyl (C=O) groups excluding carboxylic acids is 1. The van der Waals surface area contributed by atoms with Crippen molar-refractivity contribution in [2.45, 2.75) is 19.3 Å². The van der Waals surface area contributed by atoms with Gasteiger partial charge in [-0.15, -0.1) is 0 Å². The van der Waals surface area contributed by atoms with Crippen LogP contribution in [0.5, 0.6) is 0 Å². The van der Waals surface area contributed by atoms with Gasteiger partial charge in [0.15, 0.2) is 0 Å². The number of carbonyl (C=O) groups is 1. The van der Waals surface area contributed by atoms with Gasteiger partial charge in [0.1, 0.15) is 0 Å². The molecule has 1 aliphatic heterocycles. The van der Waals surface area contributed by atoms with Gasteiger partial charge in [0, 0.05) is 49.5 Å². The Bertz CT molecular complexity index is 2140. The highest BCUT2D eigenvalue weighted by atomic mass is 16.2. The summed E-state index contributed by atoms with van der Waals surface area (Å²) in [5, 5.41) is 0. The lowest BCUT2D eigenvalue weighted by Crippen LogP contribution is -2.35. The Kier molecular flexibility index (Phi) is 9.15. The normalized spacial score (nSPS) is 13.3. The molecular weight excluding hydrogens is 601 g/mol. The lowest BCUT2D eigenvalue weighted by atomic mass is 9.87. The van der Waals surface area contributed by atoms with E-state index in [9.17, 15) is 4.79 Å². The van der Waals surface area contributed by atoms with Crippen molar-refractivity contribution in [1.82, 2.24) is 9.97 Å². The molecular formula is C44H36N4O. The van der Waals surface area contributed by atoms with Crippen molar-refractivity contribution >= 4 is 23.9 Å². The first-order valence-electron chi connectivity index (χ1n) is 16.5. The van der Waals surface area contributed by atoms with Crippen molar-refractivity contribution in [3.63, 3.8) is 0 Å². The second kappa shape index (κ2) is 14.3. The summed E-state index contributed by atoms with van der Waals surface area (Å²) in [7, 11) is 0. The van der Waals surface area contributed by atoms with Gasteiger partial charge in [-0.25, -0.2) is 0 Å². The molecule has 7 rings (SSSR count). The number of benzene rings is 4. The predicted molar refractivity (Wildman–Crippen MR) is 203 cm³/mol. The molecule has 1 saturated heterocycles. The number of aromatic nitrogens is 2. The number of hydrogen-bond acceptors (Lipinski definition) is 4. The van der Waals surface area contributed by atoms with Crippen LogP contribution in [-0.4, -0.2) is 29.1 Å². The van der Waals surface area contributed by atoms with Crippen molar-refractivity contribution in [3.05, 3.63) is 158 Å². The van der Waals surface area contributed by atoms with Crippen LogP contribution < -0.4 is 4.90 Å². The summed E-state index contributed by atoms with van der Waals surface area (Å²) in [5.41, 5.74) is 13.5. The van der Waals surface area contributed by atoms with Crippen molar-refractivity contribution < 1.29 is 4.79 Å². The Labute approximate surface area is 287 Å². The number of anilines is 1. The first-order chi connectivity index (χ1) is 24.1. The number of nitrogens with zero attached hydrogens (tertiary/aromatic N) is 4. The summed E-state index contributed by atoms with van der Waals surface area (Å²) in [5.74, 6) is 0.161. The number of aliphatic imine (C=N–C) groups is 1. The van der Waals surface area contributed by atoms with Crippen LogP contribution in [-0.2, 0) is 4.79 Å². The van der Waals surface area contributed by atoms with E-state index in [1.165, 1.54) is 0 Å². The molecule has 0 spiro atoms. The number of hydrogen-bond donors (Lipinski definition) is 0. The molecule has 0 bridgehead atoms. The molecule has 0 aliphatic carbocycles. The lowest BCUT2D eigenvalue weighted by Gasteiger charge is -2.30. The molecule has 1 fully saturated rings. The van der Waals surface area contributed by atoms with Crippen molar-refractivity contribution in [2.24, 2.45) is 4.99 Å². The second-order valence-electron chi connectivity index (χ2n) is 12.1. The van der Waals surface area contributed by atoms with Gasteiger partial charge in [-0.3, -0.25) is 19.8 Å². The molecule has 6 aromatic rings. The maximum atomic E-state index is 13.5. The smallest absolute Gasteiger partial charge is 0.226 e. The van der Waals surface area contributed by atoms with Gasteiger partial charge >= 0.3 is 0 Å². The molecule has 1 aliphatic rings. The molecule has 238 valence electrons. The zero-order valence-corrected chi connectivity index (χ0v) is 27.3. The maximum Gasteiger partial charge on any atom is 0.226 e. The highest BCUT2D eigenvalue weighted by Crippen LogP contribution is 2.43. The monoisotopic (exact) mass is 636 g/mol. The van der Waals surface area contributed by atoms with Crippen LogP contribution in [0.3, 0.4) is 0 Å². The van der Waals surface area contributed by atoms with E-state index in [1.54, 1.807) is 24.7 Å². The molecule has 0 N–H and O–H groups in total. The molecule has 0 saturated carbocycles. The van der Waals surface area contributed by atoms with E-state index < -0.39 is 0 Å². The Morgan fingerprint density at radius 3 is 1.69 bits per heavy atom. The number of rotatable bonds is 9. The SMILES string of the molecule is C=C/C(=C\N=C)c1ccc(-c2cc(-c3ccc(-c4cccnc4)cc3)c(N3CCCCC3=O)cc2-c2ccc(-c3cccnc3)cc2)cc1. The molecule has 4 aromatic carbocycles. The van der Waals surface area contributed by atoms with Gasteiger partial charge in [-0.2, -0.15) is 0 Å². The third-order valence-corrected chi connectivity index (χ3v) is 9.11. The zero-order chi connectivity index (χ0) is 33.6. The third kappa shape index (κ3) is 6.65. The summed E-state index contributed by atoms with van der Waals surface area (Å²) in [6.45, 7) is 8.26. The summed E-state index contributed by atoms with van der Waals surface area (Å²) >= 11 is 0. The van der Waals surface area contributed by atoms with Crippen LogP contribution in [0.1, 0.15) is 24.8 Å². The first kappa shape index (κ1) is 31.4. The quantitative estimate of drug-likeness (QED) is 0.117. The third-order valence-electron chi connectivity index (χ3n) is 9.11. The lowest BCUT2D eigenvalue weighted by molar-refractivity contribution is -0.119. The summed E-state index contributed by atoms with van der Waals surface area (Å²) in [4.78, 5) is 28.0. The van der Waals surface area contributed by atoms with Gasteiger partial charge in [-0.1, -0.05) is 97.6 Å². The van der Waals surface area contributed by atoms with Gasteiger partial charge < -0.3 is 4.90 Å². The summed E-state index contributed by atoms with van der Waals surface area (Å²) < 4.78 is 0. The largest absolute Gasteiger partial charge is 0.312 e. The number of amides is 1. The number of pyridine rings is 2. The minimum Gasteiger partial charge on any atom is -0.312 e. The predicted octanol–water partition coefficient (Wildman–Crippen LogP) is 10.6. The Balaban J connectivity index is 1.41. The minimum atomic E-state index is 0.161. The standard InChI is InChI=1S/C44H36N4O/c1-3-31(28-45-2)32-11-17-35(18-12-32)40-26-42(37-21-15-34(16-22-37)39-9-7-24-47-30-39)43(48-25-5-4-10-44(48)49)27-41(40)36-19-13-33(14-20-36)38-8-6-23-46-29-38/h3,6-9,11-24,26-30H,1-2,4-5,10,25H2/b31-28+. The van der Waals surface area contributed by atoms with Crippen LogP contribution in [0.25, 0.3) is 61.2 Å². The Morgan fingerprint density at radius 1 is 0.653 bits per heavy atom. The Hall–Kier alpha value is -6.20. The van der Waals surface area contributed by atoms with Crippen LogP contribution in [0, 0.1) is 0 Å². The molecule has 2 aromatic heterocycles. The molecule has 1 amide bonds. The second-order valence-corrected chi connectivity index (χ2v) is 12.1. The van der Waals surface area contributed by atoms with Gasteiger partial charge in [0.2, 0.25) is 5.91 Å².